The van der Waals surface area contributed by atoms with E-state index in [9.17, 15) is 4.79 Å². The molecule has 0 spiro atoms. The Labute approximate surface area is 115 Å². The summed E-state index contributed by atoms with van der Waals surface area (Å²) >= 11 is 1.49. The van der Waals surface area contributed by atoms with Crippen molar-refractivity contribution in [3.05, 3.63) is 41.7 Å². The average molecular weight is 280 g/mol. The van der Waals surface area contributed by atoms with E-state index in [0.29, 0.717) is 19.7 Å². The van der Waals surface area contributed by atoms with Gasteiger partial charge in [0.05, 0.1) is 30.7 Å². The van der Waals surface area contributed by atoms with E-state index < -0.39 is 0 Å². The van der Waals surface area contributed by atoms with Gasteiger partial charge in [-0.3, -0.25) is 5.32 Å². The van der Waals surface area contributed by atoms with Crippen LogP contribution in [-0.4, -0.2) is 31.2 Å². The Morgan fingerprint density at radius 1 is 1.53 bits per heavy atom. The van der Waals surface area contributed by atoms with Crippen LogP contribution in [0.25, 0.3) is 0 Å². The van der Waals surface area contributed by atoms with E-state index in [1.807, 2.05) is 23.6 Å². The van der Waals surface area contributed by atoms with E-state index >= 15 is 0 Å². The number of amides is 2. The minimum atomic E-state index is -0.138. The summed E-state index contributed by atoms with van der Waals surface area (Å²) in [6, 6.07) is 5.48. The van der Waals surface area contributed by atoms with Gasteiger partial charge in [-0.05, 0) is 23.6 Å². The van der Waals surface area contributed by atoms with Crippen LogP contribution in [0.1, 0.15) is 5.56 Å². The summed E-state index contributed by atoms with van der Waals surface area (Å²) in [5.74, 6) is 0. The molecule has 0 aliphatic heterocycles. The molecule has 0 aromatic carbocycles. The Balaban J connectivity index is 1.97. The van der Waals surface area contributed by atoms with Crippen LogP contribution in [0.4, 0.5) is 9.80 Å². The monoisotopic (exact) mass is 280 g/mol. The molecular weight excluding hydrogens is 264 g/mol. The molecule has 102 valence electrons. The number of rotatable bonds is 6. The molecule has 0 radical (unpaired) electrons. The van der Waals surface area contributed by atoms with Gasteiger partial charge in [0.15, 0.2) is 0 Å². The highest BCUT2D eigenvalue weighted by Crippen LogP contribution is 2.16. The number of ether oxygens (including phenoxy) is 1. The maximum Gasteiger partial charge on any atom is 0.322 e. The Morgan fingerprint density at radius 2 is 2.42 bits per heavy atom. The lowest BCUT2D eigenvalue weighted by molar-refractivity contribution is 0.152. The zero-order valence-corrected chi connectivity index (χ0v) is 11.5. The Morgan fingerprint density at radius 3 is 3.05 bits per heavy atom. The number of hydrogen-bond acceptors (Lipinski definition) is 4. The summed E-state index contributed by atoms with van der Waals surface area (Å²) in [5.41, 5.74) is 0.956. The maximum absolute atomic E-state index is 12.2. The first-order valence-electron chi connectivity index (χ1n) is 5.89. The van der Waals surface area contributed by atoms with Crippen molar-refractivity contribution in [3.63, 3.8) is 0 Å². The third-order valence-electron chi connectivity index (χ3n) is 2.56. The molecule has 2 rings (SSSR count). The number of carbonyl (C=O) groups is 1. The van der Waals surface area contributed by atoms with Gasteiger partial charge < -0.3 is 14.1 Å². The number of anilines is 1. The summed E-state index contributed by atoms with van der Waals surface area (Å²) in [7, 11) is 1.62. The second-order valence-electron chi connectivity index (χ2n) is 3.95. The van der Waals surface area contributed by atoms with E-state index in [2.05, 4.69) is 5.32 Å². The third kappa shape index (κ3) is 4.11. The van der Waals surface area contributed by atoms with Gasteiger partial charge in [0.2, 0.25) is 0 Å². The molecule has 0 aliphatic carbocycles. The van der Waals surface area contributed by atoms with Gasteiger partial charge in [-0.15, -0.1) is 11.3 Å². The summed E-state index contributed by atoms with van der Waals surface area (Å²) in [4.78, 5) is 13.9. The molecule has 0 bridgehead atoms. The number of urea groups is 1. The fourth-order valence-corrected chi connectivity index (χ4v) is 2.20. The van der Waals surface area contributed by atoms with E-state index in [1.165, 1.54) is 11.3 Å². The number of nitrogens with one attached hydrogen (secondary N) is 1. The number of furan rings is 1. The zero-order chi connectivity index (χ0) is 13.5. The number of carbonyl (C=O) groups excluding carboxylic acids is 1. The standard InChI is InChI=1S/C13H16N2O3S/c1-17-7-5-15(9-11-4-6-18-10-11)13(16)14-12-3-2-8-19-12/h2-4,6,8,10H,5,7,9H2,1H3,(H,14,16). The first-order chi connectivity index (χ1) is 9.29. The molecule has 19 heavy (non-hydrogen) atoms. The van der Waals surface area contributed by atoms with Gasteiger partial charge >= 0.3 is 6.03 Å². The van der Waals surface area contributed by atoms with E-state index in [-0.39, 0.29) is 6.03 Å². The van der Waals surface area contributed by atoms with E-state index in [0.717, 1.165) is 10.6 Å². The first-order valence-corrected chi connectivity index (χ1v) is 6.77. The van der Waals surface area contributed by atoms with Crippen molar-refractivity contribution in [1.82, 2.24) is 4.90 Å². The largest absolute Gasteiger partial charge is 0.472 e. The minimum absolute atomic E-state index is 0.138. The molecule has 2 aromatic rings. The molecular formula is C13H16N2O3S. The van der Waals surface area contributed by atoms with Crippen LogP contribution >= 0.6 is 11.3 Å². The summed E-state index contributed by atoms with van der Waals surface area (Å²) in [6.07, 6.45) is 3.24. The summed E-state index contributed by atoms with van der Waals surface area (Å²) in [6.45, 7) is 1.52. The second kappa shape index (κ2) is 6.96. The molecule has 2 aromatic heterocycles. The van der Waals surface area contributed by atoms with Crippen LogP contribution in [0.3, 0.4) is 0 Å². The SMILES string of the molecule is COCCN(Cc1ccoc1)C(=O)Nc1cccs1. The van der Waals surface area contributed by atoms with Gasteiger partial charge in [-0.25, -0.2) is 4.79 Å². The lowest BCUT2D eigenvalue weighted by Gasteiger charge is -2.21. The number of hydrogen-bond donors (Lipinski definition) is 1. The average Bonchev–Trinajstić information content (AvgIpc) is 3.07. The highest BCUT2D eigenvalue weighted by Gasteiger charge is 2.14. The summed E-state index contributed by atoms with van der Waals surface area (Å²) in [5, 5.41) is 5.62. The Kier molecular flexibility index (Phi) is 5.00. The molecule has 0 unspecified atom stereocenters. The zero-order valence-electron chi connectivity index (χ0n) is 10.7. The molecule has 0 saturated heterocycles. The van der Waals surface area contributed by atoms with Crippen LogP contribution in [0, 0.1) is 0 Å². The van der Waals surface area contributed by atoms with E-state index in [1.54, 1.807) is 24.5 Å². The van der Waals surface area contributed by atoms with Crippen LogP contribution in [0.5, 0.6) is 0 Å². The molecule has 0 fully saturated rings. The van der Waals surface area contributed by atoms with Gasteiger partial charge in [-0.1, -0.05) is 0 Å². The van der Waals surface area contributed by atoms with Crippen molar-refractivity contribution in [2.45, 2.75) is 6.54 Å². The molecule has 5 nitrogen and oxygen atoms in total. The lowest BCUT2D eigenvalue weighted by Crippen LogP contribution is -2.36. The van der Waals surface area contributed by atoms with E-state index in [4.69, 9.17) is 9.15 Å². The predicted molar refractivity (Wildman–Crippen MR) is 74.3 cm³/mol. The van der Waals surface area contributed by atoms with Gasteiger partial charge in [0, 0.05) is 19.2 Å². The smallest absolute Gasteiger partial charge is 0.322 e. The fourth-order valence-electron chi connectivity index (χ4n) is 1.59. The number of methoxy groups -OCH3 is 1. The lowest BCUT2D eigenvalue weighted by atomic mass is 10.3. The Bertz CT molecular complexity index is 482. The van der Waals surface area contributed by atoms with Crippen molar-refractivity contribution >= 4 is 22.4 Å². The van der Waals surface area contributed by atoms with Crippen molar-refractivity contribution in [2.24, 2.45) is 0 Å². The molecule has 0 aliphatic rings. The van der Waals surface area contributed by atoms with Crippen molar-refractivity contribution in [3.8, 4) is 0 Å². The quantitative estimate of drug-likeness (QED) is 0.885. The topological polar surface area (TPSA) is 54.7 Å². The van der Waals surface area contributed by atoms with Gasteiger partial charge in [0.1, 0.15) is 0 Å². The number of nitrogens with zero attached hydrogens (tertiary/aromatic N) is 1. The minimum Gasteiger partial charge on any atom is -0.472 e. The molecule has 0 atom stereocenters. The molecule has 0 saturated carbocycles. The highest BCUT2D eigenvalue weighted by atomic mass is 32.1. The molecule has 6 heteroatoms. The Hall–Kier alpha value is -1.79. The highest BCUT2D eigenvalue weighted by molar-refractivity contribution is 7.14. The molecule has 2 heterocycles. The van der Waals surface area contributed by atoms with Crippen molar-refractivity contribution < 1.29 is 13.9 Å². The predicted octanol–water partition coefficient (Wildman–Crippen LogP) is 3.02. The van der Waals surface area contributed by atoms with Crippen molar-refractivity contribution in [2.75, 3.05) is 25.6 Å². The fraction of sp³-hybridized carbons (Fsp3) is 0.308. The van der Waals surface area contributed by atoms with Crippen LogP contribution < -0.4 is 5.32 Å². The second-order valence-corrected chi connectivity index (χ2v) is 4.90. The van der Waals surface area contributed by atoms with Crippen LogP contribution in [0.15, 0.2) is 40.5 Å². The van der Waals surface area contributed by atoms with Crippen LogP contribution in [-0.2, 0) is 11.3 Å². The molecule has 1 N–H and O–H groups in total. The summed E-state index contributed by atoms with van der Waals surface area (Å²) < 4.78 is 10.1. The first kappa shape index (κ1) is 13.6. The normalized spacial score (nSPS) is 10.4. The molecule has 2 amide bonds. The maximum atomic E-state index is 12.2. The van der Waals surface area contributed by atoms with Gasteiger partial charge in [-0.2, -0.15) is 0 Å². The van der Waals surface area contributed by atoms with Crippen molar-refractivity contribution in [1.29, 1.82) is 0 Å². The number of thiophene rings is 1. The van der Waals surface area contributed by atoms with Crippen LogP contribution in [0.2, 0.25) is 0 Å². The van der Waals surface area contributed by atoms with Gasteiger partial charge in [0.25, 0.3) is 0 Å². The third-order valence-corrected chi connectivity index (χ3v) is 3.34.